The summed E-state index contributed by atoms with van der Waals surface area (Å²) in [6, 6.07) is 7.56. The number of amides is 1. The molecule has 1 aromatic carbocycles. The highest BCUT2D eigenvalue weighted by molar-refractivity contribution is 7.16. The summed E-state index contributed by atoms with van der Waals surface area (Å²) in [6.07, 6.45) is -0.212. The molecule has 0 atom stereocenters. The molecule has 26 heavy (non-hydrogen) atoms. The Hall–Kier alpha value is -2.14. The molecule has 2 aromatic rings. The van der Waals surface area contributed by atoms with Gasteiger partial charge in [-0.1, -0.05) is 32.9 Å². The molecule has 0 radical (unpaired) electrons. The minimum atomic E-state index is -0.403. The Morgan fingerprint density at radius 3 is 2.15 bits per heavy atom. The monoisotopic (exact) mass is 373 g/mol. The van der Waals surface area contributed by atoms with E-state index >= 15 is 0 Å². The van der Waals surface area contributed by atoms with Crippen LogP contribution in [-0.4, -0.2) is 18.0 Å². The molecule has 1 aromatic heterocycles. The van der Waals surface area contributed by atoms with E-state index in [1.807, 2.05) is 52.0 Å². The van der Waals surface area contributed by atoms with Crippen LogP contribution >= 0.6 is 11.3 Å². The van der Waals surface area contributed by atoms with E-state index in [2.05, 4.69) is 26.1 Å². The summed E-state index contributed by atoms with van der Waals surface area (Å²) in [5.41, 5.74) is 3.05. The second-order valence-corrected chi connectivity index (χ2v) is 8.95. The predicted molar refractivity (Wildman–Crippen MR) is 107 cm³/mol. The lowest BCUT2D eigenvalue weighted by molar-refractivity contribution is 0.0379. The van der Waals surface area contributed by atoms with Crippen LogP contribution < -0.4 is 5.32 Å². The lowest BCUT2D eigenvalue weighted by Gasteiger charge is -2.19. The summed E-state index contributed by atoms with van der Waals surface area (Å²) >= 11 is 1.39. The van der Waals surface area contributed by atoms with Gasteiger partial charge in [0.2, 0.25) is 0 Å². The second kappa shape index (κ2) is 7.62. The van der Waals surface area contributed by atoms with Gasteiger partial charge in [0.15, 0.2) is 0 Å². The van der Waals surface area contributed by atoms with Crippen molar-refractivity contribution < 1.29 is 14.3 Å². The van der Waals surface area contributed by atoms with Gasteiger partial charge in [0, 0.05) is 10.4 Å². The first-order valence-electron chi connectivity index (χ1n) is 8.73. The Bertz CT molecular complexity index is 811. The van der Waals surface area contributed by atoms with Crippen molar-refractivity contribution in [2.45, 2.75) is 60.0 Å². The minimum absolute atomic E-state index is 0.0325. The lowest BCUT2D eigenvalue weighted by Crippen LogP contribution is -2.17. The van der Waals surface area contributed by atoms with Gasteiger partial charge in [-0.3, -0.25) is 4.79 Å². The molecule has 140 valence electrons. The van der Waals surface area contributed by atoms with E-state index in [1.54, 1.807) is 0 Å². The van der Waals surface area contributed by atoms with Crippen LogP contribution in [0, 0.1) is 13.8 Å². The van der Waals surface area contributed by atoms with Crippen molar-refractivity contribution in [2.24, 2.45) is 0 Å². The largest absolute Gasteiger partial charge is 0.459 e. The van der Waals surface area contributed by atoms with Crippen LogP contribution in [-0.2, 0) is 10.2 Å². The molecule has 0 aliphatic rings. The number of benzene rings is 1. The topological polar surface area (TPSA) is 55.4 Å². The molecule has 5 heteroatoms. The Morgan fingerprint density at radius 1 is 1.08 bits per heavy atom. The van der Waals surface area contributed by atoms with Gasteiger partial charge in [-0.25, -0.2) is 4.79 Å². The summed E-state index contributed by atoms with van der Waals surface area (Å²) < 4.78 is 5.33. The van der Waals surface area contributed by atoms with Gasteiger partial charge in [0.05, 0.1) is 11.7 Å². The quantitative estimate of drug-likeness (QED) is 0.722. The molecule has 1 heterocycles. The zero-order chi connectivity index (χ0) is 19.6. The smallest absolute Gasteiger partial charge is 0.341 e. The molecular formula is C21H27NO3S. The van der Waals surface area contributed by atoms with E-state index in [0.717, 1.165) is 16.0 Å². The molecule has 0 aliphatic carbocycles. The molecule has 2 rings (SSSR count). The number of ether oxygens (including phenoxy) is 1. The van der Waals surface area contributed by atoms with Crippen molar-refractivity contribution in [3.63, 3.8) is 0 Å². The fourth-order valence-electron chi connectivity index (χ4n) is 2.53. The van der Waals surface area contributed by atoms with Gasteiger partial charge in [0.25, 0.3) is 5.91 Å². The molecule has 0 saturated heterocycles. The zero-order valence-electron chi connectivity index (χ0n) is 16.5. The van der Waals surface area contributed by atoms with Crippen molar-refractivity contribution in [2.75, 3.05) is 5.32 Å². The molecule has 0 fully saturated rings. The number of hydrogen-bond acceptors (Lipinski definition) is 4. The van der Waals surface area contributed by atoms with Crippen molar-refractivity contribution in [3.8, 4) is 0 Å². The van der Waals surface area contributed by atoms with Gasteiger partial charge >= 0.3 is 5.97 Å². The van der Waals surface area contributed by atoms with Gasteiger partial charge in [-0.15, -0.1) is 11.3 Å². The minimum Gasteiger partial charge on any atom is -0.459 e. The Morgan fingerprint density at radius 2 is 1.65 bits per heavy atom. The average molecular weight is 374 g/mol. The van der Waals surface area contributed by atoms with E-state index in [-0.39, 0.29) is 17.4 Å². The summed E-state index contributed by atoms with van der Waals surface area (Å²) in [5.74, 6) is -0.634. The van der Waals surface area contributed by atoms with Crippen molar-refractivity contribution in [1.82, 2.24) is 0 Å². The first-order chi connectivity index (χ1) is 12.0. The first-order valence-corrected chi connectivity index (χ1v) is 9.55. The second-order valence-electron chi connectivity index (χ2n) is 7.72. The third kappa shape index (κ3) is 4.52. The van der Waals surface area contributed by atoms with E-state index in [4.69, 9.17) is 4.74 Å². The number of anilines is 1. The van der Waals surface area contributed by atoms with Crippen molar-refractivity contribution in [3.05, 3.63) is 51.4 Å². The van der Waals surface area contributed by atoms with Crippen molar-refractivity contribution >= 4 is 28.2 Å². The maximum atomic E-state index is 12.6. The van der Waals surface area contributed by atoms with Crippen LogP contribution in [0.5, 0.6) is 0 Å². The summed E-state index contributed by atoms with van der Waals surface area (Å²) in [7, 11) is 0. The number of carbonyl (C=O) groups is 2. The van der Waals surface area contributed by atoms with E-state index < -0.39 is 5.97 Å². The van der Waals surface area contributed by atoms with Gasteiger partial charge in [-0.2, -0.15) is 0 Å². The van der Waals surface area contributed by atoms with Gasteiger partial charge in [0.1, 0.15) is 5.00 Å². The fraction of sp³-hybridized carbons (Fsp3) is 0.429. The molecule has 0 unspecified atom stereocenters. The summed E-state index contributed by atoms with van der Waals surface area (Å²) in [5, 5.41) is 3.42. The maximum Gasteiger partial charge on any atom is 0.341 e. The highest BCUT2D eigenvalue weighted by Gasteiger charge is 2.23. The number of thiophene rings is 1. The highest BCUT2D eigenvalue weighted by atomic mass is 32.1. The number of esters is 1. The van der Waals surface area contributed by atoms with Crippen LogP contribution in [0.15, 0.2) is 24.3 Å². The Kier molecular flexibility index (Phi) is 5.91. The van der Waals surface area contributed by atoms with Crippen LogP contribution in [0.2, 0.25) is 0 Å². The summed E-state index contributed by atoms with van der Waals surface area (Å²) in [4.78, 5) is 26.0. The highest BCUT2D eigenvalue weighted by Crippen LogP contribution is 2.33. The molecule has 1 amide bonds. The molecule has 4 nitrogen and oxygen atoms in total. The number of carbonyl (C=O) groups excluding carboxylic acids is 2. The van der Waals surface area contributed by atoms with Crippen LogP contribution in [0.4, 0.5) is 5.00 Å². The van der Waals surface area contributed by atoms with Gasteiger partial charge in [-0.05, 0) is 56.4 Å². The predicted octanol–water partition coefficient (Wildman–Crippen LogP) is 5.48. The SMILES string of the molecule is Cc1sc(NC(=O)c2ccc(C(C)(C)C)cc2)c(C(=O)OC(C)C)c1C. The molecule has 0 saturated carbocycles. The van der Waals surface area contributed by atoms with Crippen LogP contribution in [0.1, 0.15) is 71.3 Å². The molecule has 0 bridgehead atoms. The standard InChI is InChI=1S/C21H27NO3S/c1-12(2)25-20(24)17-13(3)14(4)26-19(17)22-18(23)15-8-10-16(11-9-15)21(5,6)7/h8-12H,1-7H3,(H,22,23). The molecule has 1 N–H and O–H groups in total. The van der Waals surface area contributed by atoms with E-state index in [1.165, 1.54) is 11.3 Å². The third-order valence-corrected chi connectivity index (χ3v) is 5.30. The van der Waals surface area contributed by atoms with Gasteiger partial charge < -0.3 is 10.1 Å². The normalized spacial score (nSPS) is 11.5. The molecule has 0 spiro atoms. The van der Waals surface area contributed by atoms with Crippen molar-refractivity contribution in [1.29, 1.82) is 0 Å². The number of aryl methyl sites for hydroxylation is 1. The number of hydrogen-bond donors (Lipinski definition) is 1. The van der Waals surface area contributed by atoms with Crippen LogP contribution in [0.3, 0.4) is 0 Å². The zero-order valence-corrected chi connectivity index (χ0v) is 17.3. The number of nitrogens with one attached hydrogen (secondary N) is 1. The van der Waals surface area contributed by atoms with Crippen LogP contribution in [0.25, 0.3) is 0 Å². The Balaban J connectivity index is 2.27. The summed E-state index contributed by atoms with van der Waals surface area (Å²) in [6.45, 7) is 13.8. The maximum absolute atomic E-state index is 12.6. The molecule has 0 aliphatic heterocycles. The molecular weight excluding hydrogens is 346 g/mol. The van der Waals surface area contributed by atoms with E-state index in [0.29, 0.717) is 16.1 Å². The average Bonchev–Trinajstić information content (AvgIpc) is 2.80. The third-order valence-electron chi connectivity index (χ3n) is 4.17. The lowest BCUT2D eigenvalue weighted by atomic mass is 9.87. The first kappa shape index (κ1) is 20.2. The Labute approximate surface area is 159 Å². The fourth-order valence-corrected chi connectivity index (χ4v) is 3.57. The number of rotatable bonds is 4. The van der Waals surface area contributed by atoms with E-state index in [9.17, 15) is 9.59 Å².